The topological polar surface area (TPSA) is 99.2 Å². The number of rotatable bonds is 1. The van der Waals surface area contributed by atoms with Gasteiger partial charge < -0.3 is 15.4 Å². The van der Waals surface area contributed by atoms with Crippen molar-refractivity contribution in [3.8, 4) is 5.75 Å². The van der Waals surface area contributed by atoms with Gasteiger partial charge in [0.25, 0.3) is 5.91 Å². The summed E-state index contributed by atoms with van der Waals surface area (Å²) < 4.78 is 61.8. The monoisotopic (exact) mass is 486 g/mol. The van der Waals surface area contributed by atoms with Crippen molar-refractivity contribution in [3.05, 3.63) is 53.2 Å². The Morgan fingerprint density at radius 3 is 2.77 bits per heavy atom. The van der Waals surface area contributed by atoms with Gasteiger partial charge in [-0.15, -0.1) is 0 Å². The molecule has 8 nitrogen and oxygen atoms in total. The van der Waals surface area contributed by atoms with E-state index in [1.807, 2.05) is 0 Å². The average molecular weight is 486 g/mol. The van der Waals surface area contributed by atoms with Gasteiger partial charge in [-0.05, 0) is 31.0 Å². The number of likely N-dealkylation sites (tertiary alicyclic amines) is 1. The maximum absolute atomic E-state index is 15.0. The van der Waals surface area contributed by atoms with Crippen LogP contribution in [0.1, 0.15) is 40.5 Å². The Morgan fingerprint density at radius 2 is 2.00 bits per heavy atom. The Morgan fingerprint density at radius 1 is 1.20 bits per heavy atom. The first-order valence-electron chi connectivity index (χ1n) is 10.9. The molecule has 3 aromatic heterocycles. The number of piperidine rings is 1. The highest BCUT2D eigenvalue weighted by Gasteiger charge is 2.46. The normalized spacial score (nSPS) is 19.6. The number of aryl methyl sites for hydroxylation is 1. The molecule has 1 amide bonds. The van der Waals surface area contributed by atoms with E-state index < -0.39 is 35.6 Å². The molecule has 0 radical (unpaired) electrons. The third-order valence-electron chi connectivity index (χ3n) is 6.64. The SMILES string of the molecule is Cn1ncc2c3cc(C(=O)N4CCC[C@@H]5Oc6cc(C(F)(F)F)cc(F)c6[C@@H]54)ncc3nc(N)c21. The summed E-state index contributed by atoms with van der Waals surface area (Å²) >= 11 is 0. The van der Waals surface area contributed by atoms with Crippen molar-refractivity contribution in [3.63, 3.8) is 0 Å². The van der Waals surface area contributed by atoms with Crippen molar-refractivity contribution in [1.29, 1.82) is 0 Å². The molecular formula is C23H18F4N6O2. The standard InChI is InChI=1S/C23H18F4N6O2/c1-32-19-12(8-30-32)11-7-14(29-9-15(11)31-21(19)28)22(34)33-4-2-3-16-20(33)18-13(24)5-10(23(25,26)27)6-17(18)35-16/h5-9,16,20H,2-4H2,1H3,(H2,28,31)/t16-,20+/m0/s1. The molecule has 2 aliphatic heterocycles. The number of ether oxygens (including phenoxy) is 1. The zero-order valence-electron chi connectivity index (χ0n) is 18.3. The molecule has 2 aliphatic rings. The second-order valence-corrected chi connectivity index (χ2v) is 8.72. The number of nitrogens with zero attached hydrogens (tertiary/aromatic N) is 5. The summed E-state index contributed by atoms with van der Waals surface area (Å²) in [6.07, 6.45) is -1.28. The number of alkyl halides is 3. The fraction of sp³-hybridized carbons (Fsp3) is 0.304. The summed E-state index contributed by atoms with van der Waals surface area (Å²) in [7, 11) is 1.73. The average Bonchev–Trinajstić information content (AvgIpc) is 3.39. The third kappa shape index (κ3) is 3.19. The van der Waals surface area contributed by atoms with Crippen molar-refractivity contribution in [1.82, 2.24) is 24.6 Å². The van der Waals surface area contributed by atoms with Gasteiger partial charge in [0.15, 0.2) is 0 Å². The number of benzene rings is 1. The minimum absolute atomic E-state index is 0.0408. The highest BCUT2D eigenvalue weighted by molar-refractivity contribution is 6.09. The molecule has 2 atom stereocenters. The Kier molecular flexibility index (Phi) is 4.48. The van der Waals surface area contributed by atoms with Gasteiger partial charge in [0.1, 0.15) is 40.7 Å². The number of carbonyl (C=O) groups excluding carboxylic acids is 1. The van der Waals surface area contributed by atoms with E-state index in [2.05, 4.69) is 15.1 Å². The lowest BCUT2D eigenvalue weighted by molar-refractivity contribution is -0.137. The highest BCUT2D eigenvalue weighted by Crippen LogP contribution is 2.48. The second kappa shape index (κ2) is 7.27. The quantitative estimate of drug-likeness (QED) is 0.409. The van der Waals surface area contributed by atoms with E-state index in [1.165, 1.54) is 11.1 Å². The molecule has 5 heterocycles. The molecule has 0 aliphatic carbocycles. The van der Waals surface area contributed by atoms with Gasteiger partial charge in [0.2, 0.25) is 0 Å². The van der Waals surface area contributed by atoms with Crippen molar-refractivity contribution < 1.29 is 27.1 Å². The van der Waals surface area contributed by atoms with Crippen LogP contribution in [0.4, 0.5) is 23.4 Å². The largest absolute Gasteiger partial charge is 0.487 e. The first-order valence-corrected chi connectivity index (χ1v) is 10.9. The Labute approximate surface area is 195 Å². The third-order valence-corrected chi connectivity index (χ3v) is 6.64. The predicted molar refractivity (Wildman–Crippen MR) is 117 cm³/mol. The van der Waals surface area contributed by atoms with E-state index >= 15 is 0 Å². The molecule has 0 saturated carbocycles. The van der Waals surface area contributed by atoms with Gasteiger partial charge in [-0.25, -0.2) is 14.4 Å². The van der Waals surface area contributed by atoms with Crippen LogP contribution in [0.2, 0.25) is 0 Å². The molecule has 6 rings (SSSR count). The van der Waals surface area contributed by atoms with Crippen LogP contribution in [0.25, 0.3) is 21.8 Å². The van der Waals surface area contributed by atoms with E-state index in [0.29, 0.717) is 40.7 Å². The summed E-state index contributed by atoms with van der Waals surface area (Å²) in [5.74, 6) is -1.44. The molecule has 0 spiro atoms. The summed E-state index contributed by atoms with van der Waals surface area (Å²) in [6.45, 7) is 0.283. The van der Waals surface area contributed by atoms with Crippen LogP contribution >= 0.6 is 0 Å². The van der Waals surface area contributed by atoms with E-state index in [0.717, 1.165) is 6.07 Å². The lowest BCUT2D eigenvalue weighted by Gasteiger charge is -2.36. The first-order chi connectivity index (χ1) is 16.6. The molecule has 180 valence electrons. The summed E-state index contributed by atoms with van der Waals surface area (Å²) in [5.41, 5.74) is 6.06. The molecule has 1 fully saturated rings. The molecule has 2 N–H and O–H groups in total. The Bertz CT molecular complexity index is 1530. The Balaban J connectivity index is 1.43. The fourth-order valence-corrected chi connectivity index (χ4v) is 5.10. The number of fused-ring (bicyclic) bond motifs is 6. The van der Waals surface area contributed by atoms with Gasteiger partial charge in [-0.2, -0.15) is 18.3 Å². The van der Waals surface area contributed by atoms with Crippen LogP contribution in [-0.4, -0.2) is 43.2 Å². The minimum atomic E-state index is -4.72. The van der Waals surface area contributed by atoms with Crippen molar-refractivity contribution in [2.75, 3.05) is 12.3 Å². The van der Waals surface area contributed by atoms with Gasteiger partial charge in [0, 0.05) is 24.4 Å². The number of carbonyl (C=O) groups is 1. The van der Waals surface area contributed by atoms with Crippen molar-refractivity contribution in [2.45, 2.75) is 31.2 Å². The van der Waals surface area contributed by atoms with E-state index in [1.54, 1.807) is 24.0 Å². The number of nitrogen functional groups attached to an aromatic ring is 1. The van der Waals surface area contributed by atoms with Gasteiger partial charge in [-0.3, -0.25) is 9.48 Å². The Hall–Kier alpha value is -3.96. The van der Waals surface area contributed by atoms with Crippen LogP contribution in [0.5, 0.6) is 5.75 Å². The van der Waals surface area contributed by atoms with E-state index in [4.69, 9.17) is 10.5 Å². The van der Waals surface area contributed by atoms with Crippen LogP contribution < -0.4 is 10.5 Å². The van der Waals surface area contributed by atoms with Gasteiger partial charge >= 0.3 is 6.18 Å². The van der Waals surface area contributed by atoms with Crippen LogP contribution in [0, 0.1) is 5.82 Å². The lowest BCUT2D eigenvalue weighted by atomic mass is 9.93. The molecule has 35 heavy (non-hydrogen) atoms. The summed E-state index contributed by atoms with van der Waals surface area (Å²) in [5, 5.41) is 5.54. The number of aromatic nitrogens is 4. The molecule has 0 bridgehead atoms. The van der Waals surface area contributed by atoms with E-state index in [-0.39, 0.29) is 29.4 Å². The zero-order chi connectivity index (χ0) is 24.6. The van der Waals surface area contributed by atoms with Crippen molar-refractivity contribution in [2.24, 2.45) is 7.05 Å². The summed E-state index contributed by atoms with van der Waals surface area (Å²) in [4.78, 5) is 23.6. The van der Waals surface area contributed by atoms with Crippen molar-refractivity contribution >= 4 is 33.5 Å². The van der Waals surface area contributed by atoms with Crippen LogP contribution in [0.3, 0.4) is 0 Å². The number of pyridine rings is 2. The number of hydrogen-bond acceptors (Lipinski definition) is 6. The fourth-order valence-electron chi connectivity index (χ4n) is 5.10. The van der Waals surface area contributed by atoms with E-state index in [9.17, 15) is 22.4 Å². The molecule has 4 aromatic rings. The van der Waals surface area contributed by atoms with Crippen LogP contribution in [0.15, 0.2) is 30.6 Å². The number of nitrogens with two attached hydrogens (primary N) is 1. The molecule has 12 heteroatoms. The maximum atomic E-state index is 15.0. The second-order valence-electron chi connectivity index (χ2n) is 8.72. The number of amides is 1. The molecule has 1 aromatic carbocycles. The number of anilines is 1. The smallest absolute Gasteiger partial charge is 0.416 e. The zero-order valence-corrected chi connectivity index (χ0v) is 18.3. The van der Waals surface area contributed by atoms with Gasteiger partial charge in [-0.1, -0.05) is 0 Å². The predicted octanol–water partition coefficient (Wildman–Crippen LogP) is 3.99. The first kappa shape index (κ1) is 21.6. The van der Waals surface area contributed by atoms with Gasteiger partial charge in [0.05, 0.1) is 29.0 Å². The number of hydrogen-bond donors (Lipinski definition) is 1. The van der Waals surface area contributed by atoms with Crippen LogP contribution in [-0.2, 0) is 13.2 Å². The maximum Gasteiger partial charge on any atom is 0.416 e. The number of halogens is 4. The molecular weight excluding hydrogens is 468 g/mol. The minimum Gasteiger partial charge on any atom is -0.487 e. The lowest BCUT2D eigenvalue weighted by Crippen LogP contribution is -2.45. The molecule has 1 saturated heterocycles. The molecule has 0 unspecified atom stereocenters. The summed E-state index contributed by atoms with van der Waals surface area (Å²) in [6, 6.07) is 1.97. The highest BCUT2D eigenvalue weighted by atomic mass is 19.4.